The highest BCUT2D eigenvalue weighted by Crippen LogP contribution is 2.34. The van der Waals surface area contributed by atoms with Gasteiger partial charge in [-0.15, -0.1) is 0 Å². The number of rotatable bonds is 5. The maximum atomic E-state index is 13.2. The minimum absolute atomic E-state index is 0.111. The molecule has 8 nitrogen and oxygen atoms in total. The first-order chi connectivity index (χ1) is 16.3. The van der Waals surface area contributed by atoms with Gasteiger partial charge in [0.15, 0.2) is 5.58 Å². The van der Waals surface area contributed by atoms with Crippen molar-refractivity contribution in [3.63, 3.8) is 0 Å². The molecule has 1 fully saturated rings. The van der Waals surface area contributed by atoms with Crippen LogP contribution in [0.3, 0.4) is 0 Å². The number of hydrogen-bond donors (Lipinski definition) is 0. The Hall–Kier alpha value is -2.91. The number of aryl methyl sites for hydroxylation is 1. The van der Waals surface area contributed by atoms with Gasteiger partial charge in [0.1, 0.15) is 0 Å². The summed E-state index contributed by atoms with van der Waals surface area (Å²) in [5.41, 5.74) is 3.06. The minimum atomic E-state index is -3.71. The van der Waals surface area contributed by atoms with Crippen LogP contribution in [0.25, 0.3) is 11.1 Å². The molecule has 180 valence electrons. The summed E-state index contributed by atoms with van der Waals surface area (Å²) in [6, 6.07) is 12.8. The van der Waals surface area contributed by atoms with Crippen LogP contribution in [-0.2, 0) is 27.8 Å². The predicted molar refractivity (Wildman–Crippen MR) is 129 cm³/mol. The Kier molecular flexibility index (Phi) is 5.85. The highest BCUT2D eigenvalue weighted by atomic mass is 32.2. The van der Waals surface area contributed by atoms with E-state index >= 15 is 0 Å². The Labute approximate surface area is 198 Å². The van der Waals surface area contributed by atoms with Crippen LogP contribution >= 0.6 is 0 Å². The van der Waals surface area contributed by atoms with E-state index in [-0.39, 0.29) is 28.3 Å². The van der Waals surface area contributed by atoms with E-state index in [1.165, 1.54) is 26.6 Å². The number of oxazole rings is 1. The zero-order valence-electron chi connectivity index (χ0n) is 19.4. The molecule has 0 radical (unpaired) electrons. The Morgan fingerprint density at radius 3 is 2.59 bits per heavy atom. The molecule has 2 aliphatic rings. The molecule has 1 atom stereocenters. The van der Waals surface area contributed by atoms with Crippen molar-refractivity contribution in [3.8, 4) is 0 Å². The van der Waals surface area contributed by atoms with Crippen LogP contribution in [0.4, 0.5) is 5.69 Å². The standard InChI is InChI=1S/C25H29N3O5S/c1-3-27-22-9-8-20(16-23(22)33-25(27)30)34(31,32)26-12-10-18(11-13-26)15-24(29)28-17(2)14-19-6-4-5-7-21(19)28/h4-9,16-18H,3,10-15H2,1-2H3. The van der Waals surface area contributed by atoms with Crippen molar-refractivity contribution in [2.45, 2.75) is 57.0 Å². The number of carbonyl (C=O) groups excluding carboxylic acids is 1. The van der Waals surface area contributed by atoms with Gasteiger partial charge in [-0.3, -0.25) is 9.36 Å². The summed E-state index contributed by atoms with van der Waals surface area (Å²) in [5, 5.41) is 0. The molecule has 0 aliphatic carbocycles. The maximum absolute atomic E-state index is 13.2. The number of amides is 1. The van der Waals surface area contributed by atoms with Crippen molar-refractivity contribution in [1.29, 1.82) is 0 Å². The number of fused-ring (bicyclic) bond motifs is 2. The zero-order chi connectivity index (χ0) is 24.0. The molecule has 9 heteroatoms. The Bertz CT molecular complexity index is 1400. The monoisotopic (exact) mass is 483 g/mol. The molecular formula is C25H29N3O5S. The van der Waals surface area contributed by atoms with E-state index in [0.717, 1.165) is 12.1 Å². The third kappa shape index (κ3) is 3.86. The summed E-state index contributed by atoms with van der Waals surface area (Å²) in [7, 11) is -3.71. The van der Waals surface area contributed by atoms with Crippen molar-refractivity contribution in [3.05, 3.63) is 58.6 Å². The summed E-state index contributed by atoms with van der Waals surface area (Å²) < 4.78 is 34.6. The molecule has 34 heavy (non-hydrogen) atoms. The highest BCUT2D eigenvalue weighted by Gasteiger charge is 2.34. The van der Waals surface area contributed by atoms with E-state index in [1.807, 2.05) is 30.0 Å². The lowest BCUT2D eigenvalue weighted by Crippen LogP contribution is -2.41. The largest absolute Gasteiger partial charge is 0.419 e. The van der Waals surface area contributed by atoms with E-state index < -0.39 is 15.8 Å². The molecule has 0 saturated carbocycles. The van der Waals surface area contributed by atoms with Crippen LogP contribution in [-0.4, -0.2) is 42.3 Å². The molecule has 3 aromatic rings. The van der Waals surface area contributed by atoms with Crippen LogP contribution in [0.2, 0.25) is 0 Å². The molecule has 1 aromatic heterocycles. The number of aromatic nitrogens is 1. The van der Waals surface area contributed by atoms with E-state index in [0.29, 0.717) is 44.4 Å². The molecule has 0 spiro atoms. The highest BCUT2D eigenvalue weighted by molar-refractivity contribution is 7.89. The second-order valence-electron chi connectivity index (χ2n) is 9.24. The number of carbonyl (C=O) groups is 1. The smallest absolute Gasteiger partial charge is 0.408 e. The molecule has 5 rings (SSSR count). The maximum Gasteiger partial charge on any atom is 0.419 e. The summed E-state index contributed by atoms with van der Waals surface area (Å²) >= 11 is 0. The molecular weight excluding hydrogens is 454 g/mol. The number of benzene rings is 2. The number of para-hydroxylation sites is 1. The Morgan fingerprint density at radius 1 is 1.12 bits per heavy atom. The predicted octanol–water partition coefficient (Wildman–Crippen LogP) is 3.38. The summed E-state index contributed by atoms with van der Waals surface area (Å²) in [6.07, 6.45) is 2.57. The Morgan fingerprint density at radius 2 is 1.85 bits per heavy atom. The average molecular weight is 484 g/mol. The Balaban J connectivity index is 1.26. The van der Waals surface area contributed by atoms with Gasteiger partial charge in [0.2, 0.25) is 15.9 Å². The molecule has 1 saturated heterocycles. The van der Waals surface area contributed by atoms with Gasteiger partial charge < -0.3 is 9.32 Å². The van der Waals surface area contributed by atoms with Crippen LogP contribution in [0.5, 0.6) is 0 Å². The van der Waals surface area contributed by atoms with Crippen molar-refractivity contribution in [2.75, 3.05) is 18.0 Å². The fourth-order valence-electron chi connectivity index (χ4n) is 5.30. The normalized spacial score (nSPS) is 19.6. The van der Waals surface area contributed by atoms with Gasteiger partial charge in [-0.1, -0.05) is 18.2 Å². The lowest BCUT2D eigenvalue weighted by atomic mass is 9.94. The van der Waals surface area contributed by atoms with E-state index in [9.17, 15) is 18.0 Å². The molecule has 0 bridgehead atoms. The topological polar surface area (TPSA) is 92.8 Å². The molecule has 2 aliphatic heterocycles. The second-order valence-corrected chi connectivity index (χ2v) is 11.2. The van der Waals surface area contributed by atoms with Gasteiger partial charge in [-0.25, -0.2) is 13.2 Å². The van der Waals surface area contributed by atoms with Crippen molar-refractivity contribution in [1.82, 2.24) is 8.87 Å². The van der Waals surface area contributed by atoms with Crippen LogP contribution in [0.15, 0.2) is 56.6 Å². The van der Waals surface area contributed by atoms with Crippen molar-refractivity contribution in [2.24, 2.45) is 5.92 Å². The van der Waals surface area contributed by atoms with Gasteiger partial charge in [0.25, 0.3) is 0 Å². The minimum Gasteiger partial charge on any atom is -0.408 e. The first-order valence-corrected chi connectivity index (χ1v) is 13.3. The third-order valence-electron chi connectivity index (χ3n) is 7.11. The average Bonchev–Trinajstić information content (AvgIpc) is 3.33. The quantitative estimate of drug-likeness (QED) is 0.555. The van der Waals surface area contributed by atoms with Crippen LogP contribution in [0.1, 0.15) is 38.7 Å². The molecule has 1 amide bonds. The first kappa shape index (κ1) is 22.9. The number of nitrogens with zero attached hydrogens (tertiary/aromatic N) is 3. The summed E-state index contributed by atoms with van der Waals surface area (Å²) in [4.78, 5) is 27.1. The summed E-state index contributed by atoms with van der Waals surface area (Å²) in [5.74, 6) is -0.231. The van der Waals surface area contributed by atoms with E-state index in [4.69, 9.17) is 4.42 Å². The van der Waals surface area contributed by atoms with Gasteiger partial charge in [0.05, 0.1) is 10.4 Å². The van der Waals surface area contributed by atoms with Gasteiger partial charge >= 0.3 is 5.76 Å². The van der Waals surface area contributed by atoms with Crippen LogP contribution in [0, 0.1) is 5.92 Å². The van der Waals surface area contributed by atoms with E-state index in [2.05, 4.69) is 13.0 Å². The third-order valence-corrected chi connectivity index (χ3v) is 9.00. The lowest BCUT2D eigenvalue weighted by Gasteiger charge is -2.32. The molecule has 2 aromatic carbocycles. The van der Waals surface area contributed by atoms with E-state index in [1.54, 1.807) is 6.07 Å². The number of sulfonamides is 1. The lowest BCUT2D eigenvalue weighted by molar-refractivity contribution is -0.120. The van der Waals surface area contributed by atoms with Gasteiger partial charge in [0, 0.05) is 43.9 Å². The number of hydrogen-bond acceptors (Lipinski definition) is 5. The fraction of sp³-hybridized carbons (Fsp3) is 0.440. The van der Waals surface area contributed by atoms with Gasteiger partial charge in [-0.2, -0.15) is 4.31 Å². The number of anilines is 1. The molecule has 0 N–H and O–H groups in total. The fourth-order valence-corrected chi connectivity index (χ4v) is 6.79. The zero-order valence-corrected chi connectivity index (χ0v) is 20.3. The SMILES string of the molecule is CCn1c(=O)oc2cc(S(=O)(=O)N3CCC(CC(=O)N4c5ccccc5CC4C)CC3)ccc21. The second kappa shape index (κ2) is 8.70. The van der Waals surface area contributed by atoms with Gasteiger partial charge in [-0.05, 0) is 62.8 Å². The summed E-state index contributed by atoms with van der Waals surface area (Å²) in [6.45, 7) is 5.08. The number of piperidine rings is 1. The van der Waals surface area contributed by atoms with Crippen LogP contribution < -0.4 is 10.7 Å². The van der Waals surface area contributed by atoms with Crippen molar-refractivity contribution >= 4 is 32.7 Å². The molecule has 3 heterocycles. The van der Waals surface area contributed by atoms with Crippen molar-refractivity contribution < 1.29 is 17.6 Å². The molecule has 1 unspecified atom stereocenters. The first-order valence-electron chi connectivity index (χ1n) is 11.8.